The van der Waals surface area contributed by atoms with E-state index in [9.17, 15) is 9.90 Å². The summed E-state index contributed by atoms with van der Waals surface area (Å²) in [6.07, 6.45) is 0. The second kappa shape index (κ2) is 3.60. The van der Waals surface area contributed by atoms with Crippen LogP contribution in [0, 0.1) is 6.92 Å². The Hall–Kier alpha value is -1.31. The molecule has 0 fully saturated rings. The van der Waals surface area contributed by atoms with Crippen molar-refractivity contribution >= 4 is 5.97 Å². The second-order valence-electron chi connectivity index (χ2n) is 3.52. The molecule has 0 radical (unpaired) electrons. The number of benzene rings is 1. The lowest BCUT2D eigenvalue weighted by Crippen LogP contribution is -2.23. The third-order valence-electron chi connectivity index (χ3n) is 2.15. The van der Waals surface area contributed by atoms with Crippen LogP contribution in [-0.4, -0.2) is 5.97 Å². The first kappa shape index (κ1) is 9.78. The maximum atomic E-state index is 10.7. The molecule has 0 spiro atoms. The minimum absolute atomic E-state index is 0.297. The minimum Gasteiger partial charge on any atom is -0.545 e. The quantitative estimate of drug-likeness (QED) is 0.686. The predicted molar refractivity (Wildman–Crippen MR) is 49.6 cm³/mol. The van der Waals surface area contributed by atoms with Gasteiger partial charge in [0.25, 0.3) is 0 Å². The fourth-order valence-corrected chi connectivity index (χ4v) is 1.22. The van der Waals surface area contributed by atoms with Crippen LogP contribution < -0.4 is 5.11 Å². The first-order chi connectivity index (χ1) is 6.02. The SMILES string of the molecule is Cc1ccc(C(C)C)cc1C(=O)[O-]. The van der Waals surface area contributed by atoms with Gasteiger partial charge in [-0.05, 0) is 30.0 Å². The molecule has 2 heteroatoms. The highest BCUT2D eigenvalue weighted by molar-refractivity contribution is 5.87. The van der Waals surface area contributed by atoms with Crippen LogP contribution in [0.3, 0.4) is 0 Å². The Bertz CT molecular complexity index is 327. The lowest BCUT2D eigenvalue weighted by Gasteiger charge is -2.11. The van der Waals surface area contributed by atoms with E-state index >= 15 is 0 Å². The molecule has 70 valence electrons. The number of carbonyl (C=O) groups excluding carboxylic acids is 1. The molecular formula is C11H13O2-. The molecule has 0 heterocycles. The lowest BCUT2D eigenvalue weighted by atomic mass is 9.98. The molecule has 0 amide bonds. The molecule has 0 aliphatic heterocycles. The fourth-order valence-electron chi connectivity index (χ4n) is 1.22. The molecule has 0 N–H and O–H groups in total. The third kappa shape index (κ3) is 2.08. The van der Waals surface area contributed by atoms with Crippen molar-refractivity contribution in [3.63, 3.8) is 0 Å². The summed E-state index contributed by atoms with van der Waals surface area (Å²) in [6.45, 7) is 5.84. The number of carboxylic acid groups (broad SMARTS) is 1. The van der Waals surface area contributed by atoms with Crippen molar-refractivity contribution in [2.24, 2.45) is 0 Å². The summed E-state index contributed by atoms with van der Waals surface area (Å²) >= 11 is 0. The molecule has 0 saturated heterocycles. The Morgan fingerprint density at radius 2 is 2.00 bits per heavy atom. The zero-order chi connectivity index (χ0) is 10.0. The molecule has 0 aliphatic carbocycles. The van der Waals surface area contributed by atoms with E-state index < -0.39 is 5.97 Å². The average Bonchev–Trinajstić information content (AvgIpc) is 2.04. The molecular weight excluding hydrogens is 164 g/mol. The number of aryl methyl sites for hydroxylation is 1. The van der Waals surface area contributed by atoms with E-state index in [2.05, 4.69) is 0 Å². The molecule has 0 aliphatic rings. The average molecular weight is 177 g/mol. The van der Waals surface area contributed by atoms with Crippen molar-refractivity contribution in [2.45, 2.75) is 26.7 Å². The van der Waals surface area contributed by atoms with Crippen LogP contribution in [0.1, 0.15) is 41.3 Å². The van der Waals surface area contributed by atoms with Crippen LogP contribution in [0.5, 0.6) is 0 Å². The van der Waals surface area contributed by atoms with E-state index in [0.717, 1.165) is 11.1 Å². The molecule has 1 aromatic carbocycles. The molecule has 2 nitrogen and oxygen atoms in total. The van der Waals surface area contributed by atoms with E-state index in [0.29, 0.717) is 11.5 Å². The summed E-state index contributed by atoms with van der Waals surface area (Å²) < 4.78 is 0. The zero-order valence-electron chi connectivity index (χ0n) is 8.13. The van der Waals surface area contributed by atoms with Crippen molar-refractivity contribution in [1.82, 2.24) is 0 Å². The maximum Gasteiger partial charge on any atom is 0.0718 e. The van der Waals surface area contributed by atoms with E-state index in [1.807, 2.05) is 26.0 Å². The Morgan fingerprint density at radius 3 is 2.46 bits per heavy atom. The van der Waals surface area contributed by atoms with Gasteiger partial charge in [-0.1, -0.05) is 26.0 Å². The van der Waals surface area contributed by atoms with Crippen LogP contribution >= 0.6 is 0 Å². The number of carboxylic acids is 1. The normalized spacial score (nSPS) is 10.5. The van der Waals surface area contributed by atoms with Gasteiger partial charge < -0.3 is 9.90 Å². The molecule has 0 bridgehead atoms. The van der Waals surface area contributed by atoms with Gasteiger partial charge in [-0.3, -0.25) is 0 Å². The van der Waals surface area contributed by atoms with Gasteiger partial charge in [-0.25, -0.2) is 0 Å². The topological polar surface area (TPSA) is 40.1 Å². The molecule has 0 saturated carbocycles. The molecule has 0 unspecified atom stereocenters. The van der Waals surface area contributed by atoms with Crippen molar-refractivity contribution in [3.05, 3.63) is 34.9 Å². The van der Waals surface area contributed by atoms with Crippen LogP contribution in [0.4, 0.5) is 0 Å². The smallest absolute Gasteiger partial charge is 0.0718 e. The van der Waals surface area contributed by atoms with E-state index in [-0.39, 0.29) is 0 Å². The zero-order valence-corrected chi connectivity index (χ0v) is 8.13. The molecule has 1 aromatic rings. The van der Waals surface area contributed by atoms with Gasteiger partial charge in [0, 0.05) is 5.56 Å². The number of hydrogen-bond donors (Lipinski definition) is 0. The second-order valence-corrected chi connectivity index (χ2v) is 3.52. The predicted octanol–water partition coefficient (Wildman–Crippen LogP) is 1.48. The molecule has 0 atom stereocenters. The molecule has 13 heavy (non-hydrogen) atoms. The summed E-state index contributed by atoms with van der Waals surface area (Å²) in [6, 6.07) is 5.46. The van der Waals surface area contributed by atoms with E-state index in [4.69, 9.17) is 0 Å². The number of carbonyl (C=O) groups is 1. The standard InChI is InChI=1S/C11H14O2/c1-7(2)9-5-4-8(3)10(6-9)11(12)13/h4-7H,1-3H3,(H,12,13)/p-1. The van der Waals surface area contributed by atoms with Crippen molar-refractivity contribution in [1.29, 1.82) is 0 Å². The number of rotatable bonds is 2. The minimum atomic E-state index is -1.10. The Kier molecular flexibility index (Phi) is 2.71. The molecule has 1 rings (SSSR count). The summed E-state index contributed by atoms with van der Waals surface area (Å²) in [7, 11) is 0. The summed E-state index contributed by atoms with van der Waals surface area (Å²) in [5.41, 5.74) is 2.08. The Labute approximate surface area is 78.2 Å². The third-order valence-corrected chi connectivity index (χ3v) is 2.15. The Morgan fingerprint density at radius 1 is 1.38 bits per heavy atom. The van der Waals surface area contributed by atoms with E-state index in [1.54, 1.807) is 13.0 Å². The van der Waals surface area contributed by atoms with Gasteiger partial charge in [0.05, 0.1) is 5.97 Å². The monoisotopic (exact) mass is 177 g/mol. The maximum absolute atomic E-state index is 10.7. The highest BCUT2D eigenvalue weighted by Gasteiger charge is 2.03. The summed E-state index contributed by atoms with van der Waals surface area (Å²) in [5, 5.41) is 10.7. The first-order valence-corrected chi connectivity index (χ1v) is 4.34. The highest BCUT2D eigenvalue weighted by Crippen LogP contribution is 2.17. The van der Waals surface area contributed by atoms with Crippen LogP contribution in [0.25, 0.3) is 0 Å². The molecule has 0 aromatic heterocycles. The summed E-state index contributed by atoms with van der Waals surface area (Å²) in [4.78, 5) is 10.7. The Balaban J connectivity index is 3.19. The van der Waals surface area contributed by atoms with Gasteiger partial charge in [0.15, 0.2) is 0 Å². The van der Waals surface area contributed by atoms with Gasteiger partial charge in [-0.15, -0.1) is 0 Å². The largest absolute Gasteiger partial charge is 0.545 e. The number of aromatic carboxylic acids is 1. The summed E-state index contributed by atoms with van der Waals surface area (Å²) in [5.74, 6) is -0.751. The lowest BCUT2D eigenvalue weighted by molar-refractivity contribution is -0.255. The van der Waals surface area contributed by atoms with Crippen LogP contribution in [0.15, 0.2) is 18.2 Å². The highest BCUT2D eigenvalue weighted by atomic mass is 16.4. The van der Waals surface area contributed by atoms with Gasteiger partial charge >= 0.3 is 0 Å². The van der Waals surface area contributed by atoms with Crippen molar-refractivity contribution < 1.29 is 9.90 Å². The van der Waals surface area contributed by atoms with Gasteiger partial charge in [0.1, 0.15) is 0 Å². The van der Waals surface area contributed by atoms with Gasteiger partial charge in [0.2, 0.25) is 0 Å². The van der Waals surface area contributed by atoms with Crippen LogP contribution in [0.2, 0.25) is 0 Å². The first-order valence-electron chi connectivity index (χ1n) is 4.34. The van der Waals surface area contributed by atoms with Crippen molar-refractivity contribution in [3.8, 4) is 0 Å². The van der Waals surface area contributed by atoms with E-state index in [1.165, 1.54) is 0 Å². The van der Waals surface area contributed by atoms with Gasteiger partial charge in [-0.2, -0.15) is 0 Å². The van der Waals surface area contributed by atoms with Crippen molar-refractivity contribution in [2.75, 3.05) is 0 Å². The fraction of sp³-hybridized carbons (Fsp3) is 0.364. The number of hydrogen-bond acceptors (Lipinski definition) is 2. The van der Waals surface area contributed by atoms with Crippen LogP contribution in [-0.2, 0) is 0 Å².